The molecule has 6 nitrogen and oxygen atoms in total. The van der Waals surface area contributed by atoms with Crippen LogP contribution in [0.25, 0.3) is 0 Å². The first kappa shape index (κ1) is 20.3. The molecular formula is C20H23FN2O4S. The zero-order chi connectivity index (χ0) is 20.1. The third-order valence-corrected chi connectivity index (χ3v) is 6.84. The van der Waals surface area contributed by atoms with Gasteiger partial charge in [0.15, 0.2) is 0 Å². The molecule has 0 aromatic heterocycles. The molecule has 3 rings (SSSR count). The number of rotatable bonds is 6. The molecule has 1 N–H and O–H groups in total. The molecule has 1 saturated heterocycles. The Balaban J connectivity index is 1.54. The molecule has 1 amide bonds. The van der Waals surface area contributed by atoms with E-state index in [9.17, 15) is 17.6 Å². The third-order valence-electron chi connectivity index (χ3n) is 4.90. The topological polar surface area (TPSA) is 75.7 Å². The number of hydrogen-bond acceptors (Lipinski definition) is 4. The molecule has 1 aliphatic rings. The van der Waals surface area contributed by atoms with Crippen LogP contribution in [-0.4, -0.2) is 38.8 Å². The maximum Gasteiger partial charge on any atom is 0.245 e. The summed E-state index contributed by atoms with van der Waals surface area (Å²) >= 11 is 0. The van der Waals surface area contributed by atoms with E-state index in [0.717, 1.165) is 17.4 Å². The van der Waals surface area contributed by atoms with E-state index in [1.165, 1.54) is 22.5 Å². The molecule has 2 aromatic carbocycles. The number of benzene rings is 2. The van der Waals surface area contributed by atoms with Gasteiger partial charge >= 0.3 is 0 Å². The van der Waals surface area contributed by atoms with Gasteiger partial charge in [0.25, 0.3) is 0 Å². The van der Waals surface area contributed by atoms with Crippen LogP contribution in [0.2, 0.25) is 0 Å². The minimum atomic E-state index is -3.89. The molecule has 0 saturated carbocycles. The number of nitrogens with one attached hydrogen (secondary N) is 1. The van der Waals surface area contributed by atoms with Crippen molar-refractivity contribution in [3.05, 3.63) is 59.9 Å². The number of halogens is 1. The summed E-state index contributed by atoms with van der Waals surface area (Å²) in [6.07, 6.45) is 0.810. The van der Waals surface area contributed by atoms with E-state index in [4.69, 9.17) is 4.74 Å². The van der Waals surface area contributed by atoms with Gasteiger partial charge in [-0.3, -0.25) is 4.79 Å². The summed E-state index contributed by atoms with van der Waals surface area (Å²) in [4.78, 5) is 12.1. The van der Waals surface area contributed by atoms with Crippen LogP contribution in [0.5, 0.6) is 5.75 Å². The minimum Gasteiger partial charge on any atom is -0.497 e. The average molecular weight is 406 g/mol. The highest BCUT2D eigenvalue weighted by Crippen LogP contribution is 2.25. The largest absolute Gasteiger partial charge is 0.497 e. The Hall–Kier alpha value is -2.45. The molecule has 0 atom stereocenters. The summed E-state index contributed by atoms with van der Waals surface area (Å²) in [5.74, 6) is -0.371. The van der Waals surface area contributed by atoms with Crippen LogP contribution in [-0.2, 0) is 21.4 Å². The van der Waals surface area contributed by atoms with Gasteiger partial charge in [0.05, 0.1) is 7.11 Å². The van der Waals surface area contributed by atoms with Crippen molar-refractivity contribution in [2.24, 2.45) is 5.92 Å². The second-order valence-corrected chi connectivity index (χ2v) is 8.58. The highest BCUT2D eigenvalue weighted by molar-refractivity contribution is 7.89. The predicted molar refractivity (Wildman–Crippen MR) is 103 cm³/mol. The maximum atomic E-state index is 13.9. The van der Waals surface area contributed by atoms with Crippen LogP contribution < -0.4 is 10.1 Å². The quantitative estimate of drug-likeness (QED) is 0.800. The van der Waals surface area contributed by atoms with Crippen molar-refractivity contribution in [1.29, 1.82) is 0 Å². The first-order chi connectivity index (χ1) is 13.4. The number of piperidine rings is 1. The molecule has 0 spiro atoms. The zero-order valence-corrected chi connectivity index (χ0v) is 16.4. The second kappa shape index (κ2) is 8.70. The molecule has 1 fully saturated rings. The molecule has 1 aliphatic heterocycles. The standard InChI is InChI=1S/C20H23FN2O4S/c1-27-17-8-6-15(7-9-17)14-22-20(24)16-10-12-23(13-11-16)28(25,26)19-5-3-2-4-18(19)21/h2-9,16H,10-14H2,1H3,(H,22,24). The zero-order valence-electron chi connectivity index (χ0n) is 15.6. The molecule has 150 valence electrons. The third kappa shape index (κ3) is 4.51. The normalized spacial score (nSPS) is 15.9. The Morgan fingerprint density at radius 1 is 1.14 bits per heavy atom. The van der Waals surface area contributed by atoms with E-state index >= 15 is 0 Å². The van der Waals surface area contributed by atoms with Gasteiger partial charge in [-0.1, -0.05) is 24.3 Å². The van der Waals surface area contributed by atoms with Crippen molar-refractivity contribution in [2.75, 3.05) is 20.2 Å². The molecule has 0 unspecified atom stereocenters. The summed E-state index contributed by atoms with van der Waals surface area (Å²) in [6, 6.07) is 12.8. The monoisotopic (exact) mass is 406 g/mol. The van der Waals surface area contributed by atoms with Gasteiger partial charge in [-0.15, -0.1) is 0 Å². The Labute approximate surface area is 164 Å². The minimum absolute atomic E-state index is 0.0984. The van der Waals surface area contributed by atoms with Gasteiger partial charge in [-0.2, -0.15) is 4.31 Å². The van der Waals surface area contributed by atoms with E-state index < -0.39 is 15.8 Å². The average Bonchev–Trinajstić information content (AvgIpc) is 2.72. The van der Waals surface area contributed by atoms with Gasteiger partial charge in [0, 0.05) is 25.6 Å². The van der Waals surface area contributed by atoms with Gasteiger partial charge < -0.3 is 10.1 Å². The summed E-state index contributed by atoms with van der Waals surface area (Å²) in [5, 5.41) is 2.89. The fraction of sp³-hybridized carbons (Fsp3) is 0.350. The highest BCUT2D eigenvalue weighted by atomic mass is 32.2. The molecule has 1 heterocycles. The number of nitrogens with zero attached hydrogens (tertiary/aromatic N) is 1. The van der Waals surface area contributed by atoms with Gasteiger partial charge in [0.1, 0.15) is 16.5 Å². The van der Waals surface area contributed by atoms with Crippen LogP contribution in [0.3, 0.4) is 0 Å². The number of amides is 1. The fourth-order valence-corrected chi connectivity index (χ4v) is 4.76. The van der Waals surface area contributed by atoms with Crippen LogP contribution in [0, 0.1) is 11.7 Å². The van der Waals surface area contributed by atoms with Crippen molar-refractivity contribution >= 4 is 15.9 Å². The molecule has 28 heavy (non-hydrogen) atoms. The Morgan fingerprint density at radius 3 is 2.39 bits per heavy atom. The lowest BCUT2D eigenvalue weighted by Gasteiger charge is -2.30. The SMILES string of the molecule is COc1ccc(CNC(=O)C2CCN(S(=O)(=O)c3ccccc3F)CC2)cc1. The molecule has 0 radical (unpaired) electrons. The molecule has 0 bridgehead atoms. The summed E-state index contributed by atoms with van der Waals surface area (Å²) in [7, 11) is -2.30. The molecular weight excluding hydrogens is 383 g/mol. The van der Waals surface area contributed by atoms with Gasteiger partial charge in [-0.05, 0) is 42.7 Å². The van der Waals surface area contributed by atoms with Crippen LogP contribution in [0.4, 0.5) is 4.39 Å². The molecule has 2 aromatic rings. The molecule has 8 heteroatoms. The fourth-order valence-electron chi connectivity index (χ4n) is 3.23. The Kier molecular flexibility index (Phi) is 6.31. The van der Waals surface area contributed by atoms with Gasteiger partial charge in [0.2, 0.25) is 15.9 Å². The van der Waals surface area contributed by atoms with E-state index in [1.807, 2.05) is 24.3 Å². The second-order valence-electron chi connectivity index (χ2n) is 6.67. The summed E-state index contributed by atoms with van der Waals surface area (Å²) in [6.45, 7) is 0.783. The number of carbonyl (C=O) groups excluding carboxylic acids is 1. The predicted octanol–water partition coefficient (Wildman–Crippen LogP) is 2.55. The van der Waals surface area contributed by atoms with E-state index in [1.54, 1.807) is 7.11 Å². The lowest BCUT2D eigenvalue weighted by atomic mass is 9.97. The maximum absolute atomic E-state index is 13.9. The van der Waals surface area contributed by atoms with Crippen LogP contribution >= 0.6 is 0 Å². The van der Waals surface area contributed by atoms with Crippen molar-refractivity contribution in [3.63, 3.8) is 0 Å². The molecule has 0 aliphatic carbocycles. The van der Waals surface area contributed by atoms with Gasteiger partial charge in [-0.25, -0.2) is 12.8 Å². The Morgan fingerprint density at radius 2 is 1.79 bits per heavy atom. The lowest BCUT2D eigenvalue weighted by Crippen LogP contribution is -2.43. The number of methoxy groups -OCH3 is 1. The summed E-state index contributed by atoms with van der Waals surface area (Å²) < 4.78 is 45.5. The van der Waals surface area contributed by atoms with Crippen LogP contribution in [0.1, 0.15) is 18.4 Å². The smallest absolute Gasteiger partial charge is 0.245 e. The summed E-state index contributed by atoms with van der Waals surface area (Å²) in [5.41, 5.74) is 0.953. The Bertz CT molecular complexity index is 923. The van der Waals surface area contributed by atoms with E-state index in [-0.39, 0.29) is 29.8 Å². The first-order valence-corrected chi connectivity index (χ1v) is 10.5. The lowest BCUT2D eigenvalue weighted by molar-refractivity contribution is -0.126. The first-order valence-electron chi connectivity index (χ1n) is 9.07. The van der Waals surface area contributed by atoms with Crippen molar-refractivity contribution in [1.82, 2.24) is 9.62 Å². The number of sulfonamides is 1. The van der Waals surface area contributed by atoms with E-state index in [2.05, 4.69) is 5.32 Å². The number of hydrogen-bond donors (Lipinski definition) is 1. The van der Waals surface area contributed by atoms with Crippen molar-refractivity contribution in [3.8, 4) is 5.75 Å². The van der Waals surface area contributed by atoms with E-state index in [0.29, 0.717) is 19.4 Å². The number of carbonyl (C=O) groups is 1. The highest BCUT2D eigenvalue weighted by Gasteiger charge is 2.33. The van der Waals surface area contributed by atoms with Crippen molar-refractivity contribution < 1.29 is 22.3 Å². The van der Waals surface area contributed by atoms with Crippen molar-refractivity contribution in [2.45, 2.75) is 24.3 Å². The van der Waals surface area contributed by atoms with Crippen LogP contribution in [0.15, 0.2) is 53.4 Å². The number of ether oxygens (including phenoxy) is 1.